The fourth-order valence-corrected chi connectivity index (χ4v) is 3.78. The molecule has 0 unspecified atom stereocenters. The van der Waals surface area contributed by atoms with Crippen LogP contribution in [0, 0.1) is 0 Å². The Bertz CT molecular complexity index is 863. The molecule has 0 saturated carbocycles. The number of nitrogens with one attached hydrogen (secondary N) is 1. The van der Waals surface area contributed by atoms with Crippen LogP contribution in [0.2, 0.25) is 0 Å². The van der Waals surface area contributed by atoms with Crippen LogP contribution in [-0.4, -0.2) is 42.0 Å². The molecule has 1 aromatic heterocycles. The van der Waals surface area contributed by atoms with Gasteiger partial charge in [-0.1, -0.05) is 36.4 Å². The molecule has 4 nitrogen and oxygen atoms in total. The molecule has 134 valence electrons. The molecule has 4 heteroatoms. The number of nitrogens with zero attached hydrogens (tertiary/aromatic N) is 2. The van der Waals surface area contributed by atoms with Gasteiger partial charge in [0.1, 0.15) is 0 Å². The first-order valence-corrected chi connectivity index (χ1v) is 9.44. The van der Waals surface area contributed by atoms with Crippen molar-refractivity contribution in [2.45, 2.75) is 19.3 Å². The van der Waals surface area contributed by atoms with Crippen LogP contribution in [0.15, 0.2) is 60.8 Å². The molecule has 0 aliphatic carbocycles. The van der Waals surface area contributed by atoms with E-state index in [2.05, 4.69) is 58.5 Å². The van der Waals surface area contributed by atoms with Crippen LogP contribution in [0.4, 0.5) is 5.69 Å². The van der Waals surface area contributed by atoms with E-state index in [0.717, 1.165) is 39.0 Å². The molecule has 2 aromatic carbocycles. The summed E-state index contributed by atoms with van der Waals surface area (Å²) in [5.41, 5.74) is 3.73. The maximum atomic E-state index is 12.5. The Morgan fingerprint density at radius 3 is 2.46 bits per heavy atom. The third-order valence-corrected chi connectivity index (χ3v) is 5.27. The van der Waals surface area contributed by atoms with Crippen molar-refractivity contribution in [3.63, 3.8) is 0 Å². The van der Waals surface area contributed by atoms with Gasteiger partial charge in [0.25, 0.3) is 0 Å². The molecular formula is C22H25N3O. The summed E-state index contributed by atoms with van der Waals surface area (Å²) in [5.74, 6) is 0.289. The van der Waals surface area contributed by atoms with Crippen LogP contribution in [0.3, 0.4) is 0 Å². The van der Waals surface area contributed by atoms with Gasteiger partial charge < -0.3 is 14.8 Å². The summed E-state index contributed by atoms with van der Waals surface area (Å²) < 4.78 is 0. The number of carbonyl (C=O) groups excluding carboxylic acids is 1. The first-order chi connectivity index (χ1) is 12.8. The van der Waals surface area contributed by atoms with Crippen LogP contribution in [0.25, 0.3) is 10.9 Å². The molecule has 1 aliphatic heterocycles. The average Bonchev–Trinajstić information content (AvgIpc) is 3.12. The van der Waals surface area contributed by atoms with Gasteiger partial charge in [0, 0.05) is 55.4 Å². The van der Waals surface area contributed by atoms with Gasteiger partial charge >= 0.3 is 0 Å². The Hall–Kier alpha value is -2.75. The van der Waals surface area contributed by atoms with Crippen molar-refractivity contribution >= 4 is 22.5 Å². The minimum atomic E-state index is 0.289. The maximum absolute atomic E-state index is 12.5. The van der Waals surface area contributed by atoms with Crippen LogP contribution >= 0.6 is 0 Å². The normalized spacial score (nSPS) is 14.8. The standard InChI is InChI=1S/C22H25N3O/c26-22(12-6-7-18-17-23-21-11-5-4-10-20(18)21)25-15-13-24(14-16-25)19-8-2-1-3-9-19/h1-5,8-11,17,23H,6-7,12-16H2. The number of piperazine rings is 1. The van der Waals surface area contributed by atoms with Crippen molar-refractivity contribution in [3.8, 4) is 0 Å². The quantitative estimate of drug-likeness (QED) is 0.762. The monoisotopic (exact) mass is 347 g/mol. The summed E-state index contributed by atoms with van der Waals surface area (Å²) >= 11 is 0. The molecule has 1 saturated heterocycles. The van der Waals surface area contributed by atoms with Crippen molar-refractivity contribution in [1.82, 2.24) is 9.88 Å². The van der Waals surface area contributed by atoms with Crippen molar-refractivity contribution in [1.29, 1.82) is 0 Å². The zero-order valence-corrected chi connectivity index (χ0v) is 15.0. The second-order valence-electron chi connectivity index (χ2n) is 6.92. The number of aromatic amines is 1. The van der Waals surface area contributed by atoms with Gasteiger partial charge in [-0.15, -0.1) is 0 Å². The van der Waals surface area contributed by atoms with E-state index in [1.54, 1.807) is 0 Å². The lowest BCUT2D eigenvalue weighted by atomic mass is 10.1. The molecule has 1 fully saturated rings. The Balaban J connectivity index is 1.26. The molecule has 1 N–H and O–H groups in total. The molecular weight excluding hydrogens is 322 g/mol. The van der Waals surface area contributed by atoms with Crippen LogP contribution in [0.5, 0.6) is 0 Å². The van der Waals surface area contributed by atoms with Gasteiger partial charge in [-0.3, -0.25) is 4.79 Å². The van der Waals surface area contributed by atoms with Gasteiger partial charge in [0.2, 0.25) is 5.91 Å². The number of amides is 1. The Morgan fingerprint density at radius 2 is 1.65 bits per heavy atom. The van der Waals surface area contributed by atoms with Crippen LogP contribution in [0.1, 0.15) is 18.4 Å². The lowest BCUT2D eigenvalue weighted by Gasteiger charge is -2.36. The zero-order chi connectivity index (χ0) is 17.8. The van der Waals surface area contributed by atoms with Crippen molar-refractivity contribution in [2.24, 2.45) is 0 Å². The van der Waals surface area contributed by atoms with E-state index in [1.807, 2.05) is 17.0 Å². The van der Waals surface area contributed by atoms with Gasteiger partial charge in [-0.2, -0.15) is 0 Å². The van der Waals surface area contributed by atoms with Gasteiger partial charge in [-0.05, 0) is 36.6 Å². The third-order valence-electron chi connectivity index (χ3n) is 5.27. The highest BCUT2D eigenvalue weighted by Gasteiger charge is 2.20. The molecule has 0 radical (unpaired) electrons. The topological polar surface area (TPSA) is 39.3 Å². The van der Waals surface area contributed by atoms with Crippen molar-refractivity contribution in [3.05, 3.63) is 66.4 Å². The molecule has 1 amide bonds. The number of hydrogen-bond acceptors (Lipinski definition) is 2. The van der Waals surface area contributed by atoms with E-state index in [-0.39, 0.29) is 5.91 Å². The number of para-hydroxylation sites is 2. The lowest BCUT2D eigenvalue weighted by Crippen LogP contribution is -2.48. The first-order valence-electron chi connectivity index (χ1n) is 9.44. The van der Waals surface area contributed by atoms with E-state index in [4.69, 9.17) is 0 Å². The number of H-pyrrole nitrogens is 1. The lowest BCUT2D eigenvalue weighted by molar-refractivity contribution is -0.131. The predicted molar refractivity (Wildman–Crippen MR) is 106 cm³/mol. The number of aryl methyl sites for hydroxylation is 1. The number of hydrogen-bond donors (Lipinski definition) is 1. The Kier molecular flexibility index (Phi) is 4.91. The summed E-state index contributed by atoms with van der Waals surface area (Å²) in [7, 11) is 0. The zero-order valence-electron chi connectivity index (χ0n) is 15.0. The molecule has 4 rings (SSSR count). The third kappa shape index (κ3) is 3.59. The minimum Gasteiger partial charge on any atom is -0.368 e. The number of benzene rings is 2. The van der Waals surface area contributed by atoms with E-state index in [9.17, 15) is 4.79 Å². The second-order valence-corrected chi connectivity index (χ2v) is 6.92. The molecule has 0 spiro atoms. The summed E-state index contributed by atoms with van der Waals surface area (Å²) in [4.78, 5) is 20.2. The first kappa shape index (κ1) is 16.7. The van der Waals surface area contributed by atoms with Crippen molar-refractivity contribution in [2.75, 3.05) is 31.1 Å². The highest BCUT2D eigenvalue weighted by atomic mass is 16.2. The average molecular weight is 347 g/mol. The SMILES string of the molecule is O=C(CCCc1c[nH]c2ccccc12)N1CCN(c2ccccc2)CC1. The van der Waals surface area contributed by atoms with Crippen molar-refractivity contribution < 1.29 is 4.79 Å². The summed E-state index contributed by atoms with van der Waals surface area (Å²) in [6.45, 7) is 3.47. The molecule has 0 bridgehead atoms. The van der Waals surface area contributed by atoms with Crippen LogP contribution < -0.4 is 4.90 Å². The highest BCUT2D eigenvalue weighted by molar-refractivity contribution is 5.83. The molecule has 1 aliphatic rings. The molecule has 26 heavy (non-hydrogen) atoms. The highest BCUT2D eigenvalue weighted by Crippen LogP contribution is 2.20. The predicted octanol–water partition coefficient (Wildman–Crippen LogP) is 3.84. The maximum Gasteiger partial charge on any atom is 0.222 e. The molecule has 2 heterocycles. The number of carbonyl (C=O) groups is 1. The fraction of sp³-hybridized carbons (Fsp3) is 0.318. The van der Waals surface area contributed by atoms with Gasteiger partial charge in [-0.25, -0.2) is 0 Å². The Labute approximate surface area is 154 Å². The summed E-state index contributed by atoms with van der Waals surface area (Å²) in [5, 5.41) is 1.27. The van der Waals surface area contributed by atoms with E-state index in [1.165, 1.54) is 22.2 Å². The molecule has 0 atom stereocenters. The van der Waals surface area contributed by atoms with E-state index >= 15 is 0 Å². The Morgan fingerprint density at radius 1 is 0.923 bits per heavy atom. The van der Waals surface area contributed by atoms with E-state index in [0.29, 0.717) is 6.42 Å². The van der Waals surface area contributed by atoms with Crippen LogP contribution in [-0.2, 0) is 11.2 Å². The number of rotatable bonds is 5. The summed E-state index contributed by atoms with van der Waals surface area (Å²) in [6, 6.07) is 18.8. The van der Waals surface area contributed by atoms with Gasteiger partial charge in [0.15, 0.2) is 0 Å². The summed E-state index contributed by atoms with van der Waals surface area (Å²) in [6.07, 6.45) is 4.55. The largest absolute Gasteiger partial charge is 0.368 e. The number of anilines is 1. The number of fused-ring (bicyclic) bond motifs is 1. The number of aromatic nitrogens is 1. The van der Waals surface area contributed by atoms with E-state index < -0.39 is 0 Å². The van der Waals surface area contributed by atoms with Gasteiger partial charge in [0.05, 0.1) is 0 Å². The fourth-order valence-electron chi connectivity index (χ4n) is 3.78. The second kappa shape index (κ2) is 7.65. The smallest absolute Gasteiger partial charge is 0.222 e. The molecule has 3 aromatic rings. The minimum absolute atomic E-state index is 0.289.